The van der Waals surface area contributed by atoms with Crippen molar-refractivity contribution in [2.75, 3.05) is 11.4 Å². The lowest BCUT2D eigenvalue weighted by Crippen LogP contribution is -2.40. The summed E-state index contributed by atoms with van der Waals surface area (Å²) in [7, 11) is 0. The van der Waals surface area contributed by atoms with Crippen LogP contribution in [-0.2, 0) is 0 Å². The summed E-state index contributed by atoms with van der Waals surface area (Å²) in [5.41, 5.74) is 8.03. The van der Waals surface area contributed by atoms with Gasteiger partial charge in [0, 0.05) is 24.3 Å². The lowest BCUT2D eigenvalue weighted by Gasteiger charge is -2.38. The van der Waals surface area contributed by atoms with E-state index in [4.69, 9.17) is 5.73 Å². The third kappa shape index (κ3) is 2.66. The SMILES string of the molecule is CCC1CCCCN1c1ccc(F)cc1C(C)N. The number of hydrogen-bond donors (Lipinski definition) is 1. The van der Waals surface area contributed by atoms with E-state index in [0.29, 0.717) is 6.04 Å². The normalized spacial score (nSPS) is 22.0. The van der Waals surface area contributed by atoms with Gasteiger partial charge in [-0.05, 0) is 56.4 Å². The van der Waals surface area contributed by atoms with E-state index in [-0.39, 0.29) is 11.9 Å². The van der Waals surface area contributed by atoms with E-state index in [9.17, 15) is 4.39 Å². The van der Waals surface area contributed by atoms with Gasteiger partial charge < -0.3 is 10.6 Å². The molecule has 1 fully saturated rings. The summed E-state index contributed by atoms with van der Waals surface area (Å²) in [5, 5.41) is 0. The van der Waals surface area contributed by atoms with Crippen LogP contribution in [0.1, 0.15) is 51.1 Å². The molecule has 2 atom stereocenters. The van der Waals surface area contributed by atoms with Crippen molar-refractivity contribution >= 4 is 5.69 Å². The molecule has 1 aliphatic heterocycles. The Balaban J connectivity index is 2.36. The van der Waals surface area contributed by atoms with E-state index in [0.717, 1.165) is 24.2 Å². The predicted molar refractivity (Wildman–Crippen MR) is 74.3 cm³/mol. The van der Waals surface area contributed by atoms with Gasteiger partial charge in [-0.25, -0.2) is 4.39 Å². The molecule has 0 aromatic heterocycles. The molecule has 1 saturated heterocycles. The molecule has 100 valence electrons. The van der Waals surface area contributed by atoms with Gasteiger partial charge in [-0.3, -0.25) is 0 Å². The van der Waals surface area contributed by atoms with Crippen molar-refractivity contribution in [1.82, 2.24) is 0 Å². The van der Waals surface area contributed by atoms with Crippen LogP contribution in [0.3, 0.4) is 0 Å². The zero-order valence-corrected chi connectivity index (χ0v) is 11.3. The molecule has 2 unspecified atom stereocenters. The first kappa shape index (κ1) is 13.3. The zero-order chi connectivity index (χ0) is 13.1. The number of benzene rings is 1. The highest BCUT2D eigenvalue weighted by Crippen LogP contribution is 2.32. The highest BCUT2D eigenvalue weighted by Gasteiger charge is 2.23. The molecule has 0 radical (unpaired) electrons. The highest BCUT2D eigenvalue weighted by atomic mass is 19.1. The molecule has 0 amide bonds. The van der Waals surface area contributed by atoms with Crippen LogP contribution in [0.4, 0.5) is 10.1 Å². The fraction of sp³-hybridized carbons (Fsp3) is 0.600. The van der Waals surface area contributed by atoms with Gasteiger partial charge in [0.25, 0.3) is 0 Å². The van der Waals surface area contributed by atoms with Crippen molar-refractivity contribution in [3.8, 4) is 0 Å². The summed E-state index contributed by atoms with van der Waals surface area (Å²) in [6.07, 6.45) is 4.87. The molecule has 1 aromatic rings. The summed E-state index contributed by atoms with van der Waals surface area (Å²) < 4.78 is 13.4. The molecular weight excluding hydrogens is 227 g/mol. The summed E-state index contributed by atoms with van der Waals surface area (Å²) >= 11 is 0. The molecule has 1 heterocycles. The molecule has 2 nitrogen and oxygen atoms in total. The number of nitrogens with two attached hydrogens (primary N) is 1. The summed E-state index contributed by atoms with van der Waals surface area (Å²) in [6, 6.07) is 5.46. The smallest absolute Gasteiger partial charge is 0.123 e. The molecule has 0 bridgehead atoms. The van der Waals surface area contributed by atoms with E-state index >= 15 is 0 Å². The first-order valence-electron chi connectivity index (χ1n) is 6.95. The summed E-state index contributed by atoms with van der Waals surface area (Å²) in [6.45, 7) is 5.20. The number of hydrogen-bond acceptors (Lipinski definition) is 2. The van der Waals surface area contributed by atoms with E-state index in [2.05, 4.69) is 11.8 Å². The number of rotatable bonds is 3. The molecule has 18 heavy (non-hydrogen) atoms. The molecule has 0 saturated carbocycles. The largest absolute Gasteiger partial charge is 0.368 e. The van der Waals surface area contributed by atoms with E-state index < -0.39 is 0 Å². The minimum Gasteiger partial charge on any atom is -0.368 e. The van der Waals surface area contributed by atoms with Gasteiger partial charge in [0.2, 0.25) is 0 Å². The van der Waals surface area contributed by atoms with Gasteiger partial charge >= 0.3 is 0 Å². The first-order valence-corrected chi connectivity index (χ1v) is 6.95. The molecule has 2 rings (SSSR count). The Morgan fingerprint density at radius 3 is 2.89 bits per heavy atom. The van der Waals surface area contributed by atoms with Gasteiger partial charge in [-0.2, -0.15) is 0 Å². The van der Waals surface area contributed by atoms with Crippen LogP contribution < -0.4 is 10.6 Å². The second-order valence-electron chi connectivity index (χ2n) is 5.24. The van der Waals surface area contributed by atoms with Crippen LogP contribution in [0.25, 0.3) is 0 Å². The summed E-state index contributed by atoms with van der Waals surface area (Å²) in [4.78, 5) is 2.42. The maximum absolute atomic E-state index is 13.4. The lowest BCUT2D eigenvalue weighted by molar-refractivity contribution is 0.448. The predicted octanol–water partition coefficient (Wildman–Crippen LogP) is 3.61. The van der Waals surface area contributed by atoms with Crippen LogP contribution in [-0.4, -0.2) is 12.6 Å². The lowest BCUT2D eigenvalue weighted by atomic mass is 9.96. The Bertz CT molecular complexity index is 403. The minimum absolute atomic E-state index is 0.130. The Kier molecular flexibility index (Phi) is 4.23. The third-order valence-electron chi connectivity index (χ3n) is 3.89. The average molecular weight is 250 g/mol. The van der Waals surface area contributed by atoms with Crippen molar-refractivity contribution in [2.24, 2.45) is 5.73 Å². The van der Waals surface area contributed by atoms with Gasteiger partial charge in [-0.15, -0.1) is 0 Å². The Morgan fingerprint density at radius 1 is 1.44 bits per heavy atom. The monoisotopic (exact) mass is 250 g/mol. The zero-order valence-electron chi connectivity index (χ0n) is 11.3. The number of nitrogens with zero attached hydrogens (tertiary/aromatic N) is 1. The molecule has 0 spiro atoms. The van der Waals surface area contributed by atoms with Gasteiger partial charge in [0.15, 0.2) is 0 Å². The topological polar surface area (TPSA) is 29.3 Å². The Labute approximate surface area is 109 Å². The van der Waals surface area contributed by atoms with Crippen LogP contribution in [0.2, 0.25) is 0 Å². The minimum atomic E-state index is -0.198. The number of anilines is 1. The van der Waals surface area contributed by atoms with Gasteiger partial charge in [0.1, 0.15) is 5.82 Å². The quantitative estimate of drug-likeness (QED) is 0.888. The summed E-state index contributed by atoms with van der Waals surface area (Å²) in [5.74, 6) is -0.198. The van der Waals surface area contributed by atoms with Crippen LogP contribution in [0.15, 0.2) is 18.2 Å². The number of piperidine rings is 1. The van der Waals surface area contributed by atoms with Crippen molar-refractivity contribution in [2.45, 2.75) is 51.6 Å². The van der Waals surface area contributed by atoms with E-state index in [1.54, 1.807) is 12.1 Å². The van der Waals surface area contributed by atoms with Crippen molar-refractivity contribution < 1.29 is 4.39 Å². The van der Waals surface area contributed by atoms with Crippen LogP contribution in [0, 0.1) is 5.82 Å². The van der Waals surface area contributed by atoms with Gasteiger partial charge in [-0.1, -0.05) is 6.92 Å². The maximum Gasteiger partial charge on any atom is 0.123 e. The van der Waals surface area contributed by atoms with Crippen molar-refractivity contribution in [3.63, 3.8) is 0 Å². The fourth-order valence-electron chi connectivity index (χ4n) is 2.89. The Hall–Kier alpha value is -1.09. The molecule has 2 N–H and O–H groups in total. The number of halogens is 1. The first-order chi connectivity index (χ1) is 8.63. The van der Waals surface area contributed by atoms with Crippen LogP contribution in [0.5, 0.6) is 0 Å². The van der Waals surface area contributed by atoms with Crippen molar-refractivity contribution in [3.05, 3.63) is 29.6 Å². The second-order valence-corrected chi connectivity index (χ2v) is 5.24. The second kappa shape index (κ2) is 5.70. The standard InChI is InChI=1S/C15H23FN2/c1-3-13-6-4-5-9-18(13)15-8-7-12(16)10-14(15)11(2)17/h7-8,10-11,13H,3-6,9,17H2,1-2H3. The molecular formula is C15H23FN2. The molecule has 1 aromatic carbocycles. The average Bonchev–Trinajstić information content (AvgIpc) is 2.38. The fourth-order valence-corrected chi connectivity index (χ4v) is 2.89. The molecule has 0 aliphatic carbocycles. The molecule has 3 heteroatoms. The highest BCUT2D eigenvalue weighted by molar-refractivity contribution is 5.56. The Morgan fingerprint density at radius 2 is 2.22 bits per heavy atom. The van der Waals surface area contributed by atoms with Gasteiger partial charge in [0.05, 0.1) is 0 Å². The van der Waals surface area contributed by atoms with Crippen LogP contribution >= 0.6 is 0 Å². The van der Waals surface area contributed by atoms with E-state index in [1.165, 1.54) is 19.3 Å². The molecule has 1 aliphatic rings. The maximum atomic E-state index is 13.4. The van der Waals surface area contributed by atoms with Crippen molar-refractivity contribution in [1.29, 1.82) is 0 Å². The third-order valence-corrected chi connectivity index (χ3v) is 3.89. The van der Waals surface area contributed by atoms with E-state index in [1.807, 2.05) is 13.0 Å².